The molecule has 1 aromatic carbocycles. The molecule has 0 atom stereocenters. The van der Waals surface area contributed by atoms with Gasteiger partial charge in [-0.05, 0) is 12.1 Å². The molecule has 0 radical (unpaired) electrons. The molecule has 1 aromatic heterocycles. The number of benzene rings is 1. The van der Waals surface area contributed by atoms with Crippen molar-refractivity contribution in [1.82, 2.24) is 20.3 Å². The third-order valence-corrected chi connectivity index (χ3v) is 2.49. The lowest BCUT2D eigenvalue weighted by molar-refractivity contribution is -0.129. The Bertz CT molecular complexity index is 539. The first-order chi connectivity index (χ1) is 7.98. The van der Waals surface area contributed by atoms with Crippen molar-refractivity contribution in [2.45, 2.75) is 27.4 Å². The molecule has 0 saturated heterocycles. The van der Waals surface area contributed by atoms with Crippen molar-refractivity contribution in [3.63, 3.8) is 0 Å². The zero-order valence-corrected chi connectivity index (χ0v) is 10.3. The Morgan fingerprint density at radius 1 is 1.35 bits per heavy atom. The van der Waals surface area contributed by atoms with Crippen LogP contribution in [-0.4, -0.2) is 20.9 Å². The van der Waals surface area contributed by atoms with Gasteiger partial charge in [0.15, 0.2) is 0 Å². The molecule has 0 unspecified atom stereocenters. The summed E-state index contributed by atoms with van der Waals surface area (Å²) in [5.41, 5.74) is 1.36. The van der Waals surface area contributed by atoms with Gasteiger partial charge in [0.05, 0.1) is 5.52 Å². The van der Waals surface area contributed by atoms with Gasteiger partial charge in [-0.25, -0.2) is 4.68 Å². The summed E-state index contributed by atoms with van der Waals surface area (Å²) in [5.74, 6) is -0.00270. The van der Waals surface area contributed by atoms with Crippen molar-refractivity contribution in [3.05, 3.63) is 24.3 Å². The fourth-order valence-electron chi connectivity index (χ4n) is 1.45. The molecule has 17 heavy (non-hydrogen) atoms. The highest BCUT2D eigenvalue weighted by molar-refractivity contribution is 5.81. The van der Waals surface area contributed by atoms with Crippen LogP contribution in [0.1, 0.15) is 20.8 Å². The summed E-state index contributed by atoms with van der Waals surface area (Å²) in [6, 6.07) is 7.66. The Kier molecular flexibility index (Phi) is 2.83. The van der Waals surface area contributed by atoms with E-state index in [4.69, 9.17) is 0 Å². The number of nitrogens with one attached hydrogen (secondary N) is 1. The van der Waals surface area contributed by atoms with Gasteiger partial charge in [0.2, 0.25) is 5.91 Å². The highest BCUT2D eigenvalue weighted by atomic mass is 16.2. The smallest absolute Gasteiger partial charge is 0.226 e. The van der Waals surface area contributed by atoms with E-state index in [1.165, 1.54) is 0 Å². The number of aromatic nitrogens is 3. The van der Waals surface area contributed by atoms with E-state index >= 15 is 0 Å². The zero-order chi connectivity index (χ0) is 12.5. The summed E-state index contributed by atoms with van der Waals surface area (Å²) in [5, 5.41) is 10.9. The molecule has 5 nitrogen and oxygen atoms in total. The van der Waals surface area contributed by atoms with Crippen LogP contribution in [-0.2, 0) is 11.5 Å². The van der Waals surface area contributed by atoms with Crippen molar-refractivity contribution in [3.8, 4) is 0 Å². The van der Waals surface area contributed by atoms with E-state index in [0.717, 1.165) is 11.0 Å². The number of amides is 1. The number of hydrogen-bond acceptors (Lipinski definition) is 3. The molecule has 0 fully saturated rings. The minimum absolute atomic E-state index is 0.00270. The number of para-hydroxylation sites is 1. The first-order valence-corrected chi connectivity index (χ1v) is 5.55. The molecular weight excluding hydrogens is 216 g/mol. The maximum absolute atomic E-state index is 11.7. The Balaban J connectivity index is 2.12. The number of hydrogen-bond donors (Lipinski definition) is 1. The van der Waals surface area contributed by atoms with Crippen LogP contribution in [0.25, 0.3) is 11.0 Å². The normalized spacial score (nSPS) is 11.7. The molecule has 1 N–H and O–H groups in total. The fraction of sp³-hybridized carbons (Fsp3) is 0.417. The third kappa shape index (κ3) is 2.43. The highest BCUT2D eigenvalue weighted by Gasteiger charge is 2.20. The summed E-state index contributed by atoms with van der Waals surface area (Å²) in [4.78, 5) is 11.7. The lowest BCUT2D eigenvalue weighted by atomic mass is 9.96. The third-order valence-electron chi connectivity index (χ3n) is 2.49. The van der Waals surface area contributed by atoms with Crippen LogP contribution in [0.3, 0.4) is 0 Å². The molecule has 0 bridgehead atoms. The minimum atomic E-state index is -0.392. The van der Waals surface area contributed by atoms with Gasteiger partial charge in [-0.1, -0.05) is 38.1 Å². The quantitative estimate of drug-likeness (QED) is 0.854. The lowest BCUT2D eigenvalue weighted by Crippen LogP contribution is -2.36. The minimum Gasteiger partial charge on any atom is -0.336 e. The van der Waals surface area contributed by atoms with Gasteiger partial charge in [-0.2, -0.15) is 0 Å². The van der Waals surface area contributed by atoms with Crippen LogP contribution in [0.4, 0.5) is 0 Å². The molecular formula is C12H16N4O. The van der Waals surface area contributed by atoms with Crippen LogP contribution >= 0.6 is 0 Å². The SMILES string of the molecule is CC(C)(C)C(=O)NCn1nnc2ccccc21. The second-order valence-corrected chi connectivity index (χ2v) is 4.99. The van der Waals surface area contributed by atoms with Crippen molar-refractivity contribution in [2.75, 3.05) is 0 Å². The Hall–Kier alpha value is -1.91. The molecule has 0 aliphatic carbocycles. The van der Waals surface area contributed by atoms with Crippen LogP contribution < -0.4 is 5.32 Å². The maximum Gasteiger partial charge on any atom is 0.226 e. The molecule has 0 saturated carbocycles. The average molecular weight is 232 g/mol. The monoisotopic (exact) mass is 232 g/mol. The molecule has 0 aliphatic heterocycles. The number of rotatable bonds is 2. The Morgan fingerprint density at radius 2 is 2.06 bits per heavy atom. The first-order valence-electron chi connectivity index (χ1n) is 5.55. The van der Waals surface area contributed by atoms with Crippen LogP contribution in [0.5, 0.6) is 0 Å². The summed E-state index contributed by atoms with van der Waals surface area (Å²) in [6.07, 6.45) is 0. The largest absolute Gasteiger partial charge is 0.336 e. The molecule has 90 valence electrons. The standard InChI is InChI=1S/C12H16N4O/c1-12(2,3)11(17)13-8-16-10-7-5-4-6-9(10)14-15-16/h4-7H,8H2,1-3H3,(H,13,17). The summed E-state index contributed by atoms with van der Waals surface area (Å²) in [7, 11) is 0. The second-order valence-electron chi connectivity index (χ2n) is 4.99. The Labute approximate surface area is 99.8 Å². The van der Waals surface area contributed by atoms with Crippen molar-refractivity contribution < 1.29 is 4.79 Å². The summed E-state index contributed by atoms with van der Waals surface area (Å²) < 4.78 is 1.68. The number of carbonyl (C=O) groups is 1. The second kappa shape index (κ2) is 4.16. The maximum atomic E-state index is 11.7. The van der Waals surface area contributed by atoms with Gasteiger partial charge in [0.25, 0.3) is 0 Å². The fourth-order valence-corrected chi connectivity index (χ4v) is 1.45. The predicted octanol–water partition coefficient (Wildman–Crippen LogP) is 1.55. The molecule has 2 rings (SSSR count). The number of nitrogens with zero attached hydrogens (tertiary/aromatic N) is 3. The average Bonchev–Trinajstić information content (AvgIpc) is 2.68. The number of carbonyl (C=O) groups excluding carboxylic acids is 1. The molecule has 1 amide bonds. The molecule has 0 spiro atoms. The van der Waals surface area contributed by atoms with Crippen LogP contribution in [0.15, 0.2) is 24.3 Å². The van der Waals surface area contributed by atoms with Crippen molar-refractivity contribution >= 4 is 16.9 Å². The zero-order valence-electron chi connectivity index (χ0n) is 10.3. The highest BCUT2D eigenvalue weighted by Crippen LogP contribution is 2.13. The van der Waals surface area contributed by atoms with Crippen LogP contribution in [0.2, 0.25) is 0 Å². The topological polar surface area (TPSA) is 59.8 Å². The molecule has 0 aliphatic rings. The van der Waals surface area contributed by atoms with Gasteiger partial charge >= 0.3 is 0 Å². The lowest BCUT2D eigenvalue weighted by Gasteiger charge is -2.17. The van der Waals surface area contributed by atoms with E-state index in [-0.39, 0.29) is 5.91 Å². The van der Waals surface area contributed by atoms with Crippen LogP contribution in [0, 0.1) is 5.41 Å². The van der Waals surface area contributed by atoms with Crippen molar-refractivity contribution in [2.24, 2.45) is 5.41 Å². The molecule has 2 aromatic rings. The van der Waals surface area contributed by atoms with E-state index in [1.54, 1.807) is 4.68 Å². The van der Waals surface area contributed by atoms with E-state index in [9.17, 15) is 4.79 Å². The van der Waals surface area contributed by atoms with Gasteiger partial charge in [-0.15, -0.1) is 5.10 Å². The van der Waals surface area contributed by atoms with Gasteiger partial charge < -0.3 is 5.32 Å². The molecule has 5 heteroatoms. The van der Waals surface area contributed by atoms with Gasteiger partial charge in [0, 0.05) is 5.41 Å². The van der Waals surface area contributed by atoms with Gasteiger partial charge in [-0.3, -0.25) is 4.79 Å². The molecule has 1 heterocycles. The summed E-state index contributed by atoms with van der Waals surface area (Å²) >= 11 is 0. The van der Waals surface area contributed by atoms with E-state index in [1.807, 2.05) is 45.0 Å². The van der Waals surface area contributed by atoms with Gasteiger partial charge in [0.1, 0.15) is 12.2 Å². The van der Waals surface area contributed by atoms with Crippen molar-refractivity contribution in [1.29, 1.82) is 0 Å². The predicted molar refractivity (Wildman–Crippen MR) is 65.1 cm³/mol. The Morgan fingerprint density at radius 3 is 2.76 bits per heavy atom. The number of fused-ring (bicyclic) bond motifs is 1. The van der Waals surface area contributed by atoms with E-state index < -0.39 is 5.41 Å². The first kappa shape index (κ1) is 11.6. The van der Waals surface area contributed by atoms with E-state index in [2.05, 4.69) is 15.6 Å². The summed E-state index contributed by atoms with van der Waals surface area (Å²) in [6.45, 7) is 5.97. The van der Waals surface area contributed by atoms with E-state index in [0.29, 0.717) is 6.67 Å².